The molecule has 6 heteroatoms. The lowest BCUT2D eigenvalue weighted by molar-refractivity contribution is -0.608. The molecule has 1 fully saturated rings. The van der Waals surface area contributed by atoms with Crippen molar-refractivity contribution in [3.05, 3.63) is 35.3 Å². The van der Waals surface area contributed by atoms with E-state index >= 15 is 0 Å². The molecule has 0 unspecified atom stereocenters. The van der Waals surface area contributed by atoms with E-state index in [2.05, 4.69) is 12.2 Å². The first-order valence-corrected chi connectivity index (χ1v) is 7.68. The van der Waals surface area contributed by atoms with Gasteiger partial charge in [0.05, 0.1) is 0 Å². The van der Waals surface area contributed by atoms with Crippen LogP contribution in [-0.4, -0.2) is 24.0 Å². The van der Waals surface area contributed by atoms with E-state index in [0.717, 1.165) is 19.3 Å². The average Bonchev–Trinajstić information content (AvgIpc) is 2.49. The number of carbonyl (C=O) groups excluding carboxylic acids is 2. The van der Waals surface area contributed by atoms with Crippen LogP contribution in [0.15, 0.2) is 24.4 Å². The summed E-state index contributed by atoms with van der Waals surface area (Å²) in [6, 6.07) is 4.58. The third-order valence-electron chi connectivity index (χ3n) is 4.13. The molecule has 1 heterocycles. The van der Waals surface area contributed by atoms with Gasteiger partial charge in [0.2, 0.25) is 0 Å². The van der Waals surface area contributed by atoms with E-state index in [-0.39, 0.29) is 17.6 Å². The van der Waals surface area contributed by atoms with Crippen LogP contribution in [0.3, 0.4) is 0 Å². The first kappa shape index (κ1) is 16.3. The zero-order valence-electron chi connectivity index (χ0n) is 13.0. The Morgan fingerprint density at radius 3 is 2.77 bits per heavy atom. The van der Waals surface area contributed by atoms with E-state index in [1.54, 1.807) is 6.07 Å². The van der Waals surface area contributed by atoms with E-state index < -0.39 is 12.1 Å². The van der Waals surface area contributed by atoms with Crippen molar-refractivity contribution < 1.29 is 19.1 Å². The number of esters is 1. The highest BCUT2D eigenvalue weighted by Crippen LogP contribution is 2.23. The fourth-order valence-electron chi connectivity index (χ4n) is 2.69. The number of amides is 1. The lowest BCUT2D eigenvalue weighted by atomic mass is 9.86. The average molecular weight is 306 g/mol. The second-order valence-corrected chi connectivity index (χ2v) is 5.84. The molecular formula is C16H22N2O4. The molecule has 1 aliphatic rings. The Hall–Kier alpha value is -2.11. The Balaban J connectivity index is 1.91. The van der Waals surface area contributed by atoms with Crippen LogP contribution in [-0.2, 0) is 9.53 Å². The van der Waals surface area contributed by atoms with Crippen LogP contribution in [0.1, 0.15) is 50.0 Å². The number of aromatic nitrogens is 1. The number of carbonyl (C=O) groups is 2. The van der Waals surface area contributed by atoms with Crippen LogP contribution < -0.4 is 10.0 Å². The molecule has 6 nitrogen and oxygen atoms in total. The predicted molar refractivity (Wildman–Crippen MR) is 79.8 cm³/mol. The van der Waals surface area contributed by atoms with Gasteiger partial charge in [0.1, 0.15) is 0 Å². The molecule has 1 saturated carbocycles. The van der Waals surface area contributed by atoms with E-state index in [9.17, 15) is 14.8 Å². The van der Waals surface area contributed by atoms with Gasteiger partial charge in [-0.1, -0.05) is 19.8 Å². The standard InChI is InChI=1S/C16H22N2O4/c1-11-7-3-4-8-13(11)17-15(19)12(2)22-16(20)14-9-5-6-10-18(14)21/h5-6,9-13H,3-4,7-8H2,1-2H3,(H,17,19)/t11-,12-,13+/m1/s1. The molecule has 1 aromatic heterocycles. The number of nitrogens with zero attached hydrogens (tertiary/aromatic N) is 1. The third-order valence-corrected chi connectivity index (χ3v) is 4.13. The van der Waals surface area contributed by atoms with Crippen molar-refractivity contribution in [1.82, 2.24) is 5.32 Å². The third kappa shape index (κ3) is 3.96. The van der Waals surface area contributed by atoms with E-state index in [0.29, 0.717) is 10.6 Å². The van der Waals surface area contributed by atoms with Gasteiger partial charge in [-0.3, -0.25) is 4.79 Å². The summed E-state index contributed by atoms with van der Waals surface area (Å²) in [7, 11) is 0. The molecule has 1 N–H and O–H groups in total. The lowest BCUT2D eigenvalue weighted by Gasteiger charge is -2.30. The van der Waals surface area contributed by atoms with Crippen LogP contribution in [0.4, 0.5) is 0 Å². The summed E-state index contributed by atoms with van der Waals surface area (Å²) in [4.78, 5) is 24.0. The number of nitrogens with one attached hydrogen (secondary N) is 1. The Morgan fingerprint density at radius 2 is 2.09 bits per heavy atom. The highest BCUT2D eigenvalue weighted by atomic mass is 16.6. The van der Waals surface area contributed by atoms with Gasteiger partial charge in [0.25, 0.3) is 5.91 Å². The normalized spacial score (nSPS) is 22.6. The molecule has 22 heavy (non-hydrogen) atoms. The smallest absolute Gasteiger partial charge is 0.405 e. The summed E-state index contributed by atoms with van der Waals surface area (Å²) in [5.74, 6) is -0.686. The number of ether oxygens (including phenoxy) is 1. The monoisotopic (exact) mass is 306 g/mol. The van der Waals surface area contributed by atoms with Gasteiger partial charge < -0.3 is 15.3 Å². The van der Waals surface area contributed by atoms with Gasteiger partial charge in [0, 0.05) is 18.2 Å². The van der Waals surface area contributed by atoms with Gasteiger partial charge in [-0.15, -0.1) is 0 Å². The van der Waals surface area contributed by atoms with Crippen molar-refractivity contribution in [2.75, 3.05) is 0 Å². The van der Waals surface area contributed by atoms with Crippen molar-refractivity contribution in [2.45, 2.75) is 51.7 Å². The fourth-order valence-corrected chi connectivity index (χ4v) is 2.69. The van der Waals surface area contributed by atoms with Gasteiger partial charge in [0.15, 0.2) is 12.3 Å². The summed E-state index contributed by atoms with van der Waals surface area (Å²) in [6.45, 7) is 3.63. The van der Waals surface area contributed by atoms with Crippen LogP contribution in [0, 0.1) is 11.1 Å². The largest absolute Gasteiger partial charge is 0.618 e. The molecule has 0 saturated heterocycles. The number of rotatable bonds is 4. The van der Waals surface area contributed by atoms with Gasteiger partial charge >= 0.3 is 11.7 Å². The number of hydrogen-bond donors (Lipinski definition) is 1. The minimum absolute atomic E-state index is 0.128. The summed E-state index contributed by atoms with van der Waals surface area (Å²) in [5.41, 5.74) is -0.131. The van der Waals surface area contributed by atoms with Crippen molar-refractivity contribution in [2.24, 2.45) is 5.92 Å². The zero-order valence-corrected chi connectivity index (χ0v) is 13.0. The second-order valence-electron chi connectivity index (χ2n) is 5.84. The maximum atomic E-state index is 12.1. The minimum Gasteiger partial charge on any atom is -0.618 e. The topological polar surface area (TPSA) is 82.3 Å². The minimum atomic E-state index is -0.929. The van der Waals surface area contributed by atoms with Crippen molar-refractivity contribution in [3.8, 4) is 0 Å². The SMILES string of the molecule is C[C@@H]1CCCC[C@@H]1NC(=O)[C@@H](C)OC(=O)c1cccc[n+]1[O-]. The fraction of sp³-hybridized carbons (Fsp3) is 0.562. The molecule has 1 amide bonds. The molecule has 1 aliphatic carbocycles. The quantitative estimate of drug-likeness (QED) is 0.520. The second kappa shape index (κ2) is 7.24. The molecule has 3 atom stereocenters. The predicted octanol–water partition coefficient (Wildman–Crippen LogP) is 1.56. The molecule has 2 rings (SSSR count). The van der Waals surface area contributed by atoms with Crippen LogP contribution in [0.5, 0.6) is 0 Å². The van der Waals surface area contributed by atoms with Crippen molar-refractivity contribution in [3.63, 3.8) is 0 Å². The highest BCUT2D eigenvalue weighted by molar-refractivity contribution is 5.89. The maximum Gasteiger partial charge on any atom is 0.405 e. The van der Waals surface area contributed by atoms with Gasteiger partial charge in [-0.25, -0.2) is 4.79 Å². The van der Waals surface area contributed by atoms with Crippen molar-refractivity contribution >= 4 is 11.9 Å². The summed E-state index contributed by atoms with van der Waals surface area (Å²) >= 11 is 0. The van der Waals surface area contributed by atoms with Crippen molar-refractivity contribution in [1.29, 1.82) is 0 Å². The number of hydrogen-bond acceptors (Lipinski definition) is 4. The van der Waals surface area contributed by atoms with E-state index in [1.807, 2.05) is 0 Å². The summed E-state index contributed by atoms with van der Waals surface area (Å²) < 4.78 is 5.51. The highest BCUT2D eigenvalue weighted by Gasteiger charge is 2.28. The van der Waals surface area contributed by atoms with E-state index in [4.69, 9.17) is 4.74 Å². The molecule has 0 spiro atoms. The Bertz CT molecular complexity index is 547. The van der Waals surface area contributed by atoms with Gasteiger partial charge in [-0.05, 0) is 31.7 Å². The number of pyridine rings is 1. The Labute approximate surface area is 130 Å². The Morgan fingerprint density at radius 1 is 1.36 bits per heavy atom. The zero-order chi connectivity index (χ0) is 16.1. The summed E-state index contributed by atoms with van der Waals surface area (Å²) in [5, 5.41) is 14.4. The molecular weight excluding hydrogens is 284 g/mol. The molecule has 120 valence electrons. The molecule has 1 aromatic rings. The molecule has 0 radical (unpaired) electrons. The summed E-state index contributed by atoms with van der Waals surface area (Å²) in [6.07, 6.45) is 4.62. The van der Waals surface area contributed by atoms with Gasteiger partial charge in [-0.2, -0.15) is 4.73 Å². The molecule has 0 aliphatic heterocycles. The van der Waals surface area contributed by atoms with Crippen LogP contribution in [0.25, 0.3) is 0 Å². The van der Waals surface area contributed by atoms with Crippen LogP contribution >= 0.6 is 0 Å². The van der Waals surface area contributed by atoms with E-state index in [1.165, 1.54) is 31.7 Å². The first-order valence-electron chi connectivity index (χ1n) is 7.68. The maximum absolute atomic E-state index is 12.1. The van der Waals surface area contributed by atoms with Crippen LogP contribution in [0.2, 0.25) is 0 Å². The lowest BCUT2D eigenvalue weighted by Crippen LogP contribution is -2.46. The molecule has 0 aromatic carbocycles. The Kier molecular flexibility index (Phi) is 5.35. The first-order chi connectivity index (χ1) is 10.5. The molecule has 0 bridgehead atoms.